The van der Waals surface area contributed by atoms with Gasteiger partial charge in [-0.1, -0.05) is 48.0 Å². The van der Waals surface area contributed by atoms with Crippen molar-refractivity contribution in [1.82, 2.24) is 10.2 Å². The van der Waals surface area contributed by atoms with Gasteiger partial charge in [0, 0.05) is 26.6 Å². The lowest BCUT2D eigenvalue weighted by Crippen LogP contribution is -2.38. The Labute approximate surface area is 148 Å². The van der Waals surface area contributed by atoms with Gasteiger partial charge in [0.1, 0.15) is 5.75 Å². The van der Waals surface area contributed by atoms with Gasteiger partial charge in [-0.2, -0.15) is 0 Å². The lowest BCUT2D eigenvalue weighted by atomic mass is 10.2. The molecule has 0 saturated heterocycles. The monoisotopic (exact) mass is 340 g/mol. The molecule has 0 aliphatic heterocycles. The van der Waals surface area contributed by atoms with Crippen molar-refractivity contribution in [1.29, 1.82) is 0 Å². The molecule has 0 spiro atoms. The molecule has 0 unspecified atom stereocenters. The number of ether oxygens (including phenoxy) is 1. The quantitative estimate of drug-likeness (QED) is 0.803. The number of nitrogens with zero attached hydrogens (tertiary/aromatic N) is 1. The van der Waals surface area contributed by atoms with Gasteiger partial charge in [-0.05, 0) is 24.6 Å². The van der Waals surface area contributed by atoms with Crippen molar-refractivity contribution < 1.29 is 14.3 Å². The SMILES string of the molecule is CC(=O)N(CCNC(=O)COc1ccc(C)cc1)Cc1ccccc1. The largest absolute Gasteiger partial charge is 0.484 e. The average molecular weight is 340 g/mol. The number of carbonyl (C=O) groups excluding carboxylic acids is 2. The van der Waals surface area contributed by atoms with Crippen molar-refractivity contribution in [2.24, 2.45) is 0 Å². The summed E-state index contributed by atoms with van der Waals surface area (Å²) in [5, 5.41) is 2.78. The summed E-state index contributed by atoms with van der Waals surface area (Å²) < 4.78 is 5.43. The molecule has 0 aromatic heterocycles. The summed E-state index contributed by atoms with van der Waals surface area (Å²) in [5.41, 5.74) is 2.20. The van der Waals surface area contributed by atoms with E-state index in [2.05, 4.69) is 5.32 Å². The van der Waals surface area contributed by atoms with Crippen molar-refractivity contribution in [3.05, 3.63) is 65.7 Å². The van der Waals surface area contributed by atoms with Crippen LogP contribution in [0, 0.1) is 6.92 Å². The minimum Gasteiger partial charge on any atom is -0.484 e. The first kappa shape index (κ1) is 18.5. The molecule has 0 aliphatic carbocycles. The van der Waals surface area contributed by atoms with E-state index in [1.807, 2.05) is 61.5 Å². The standard InChI is InChI=1S/C20H24N2O3/c1-16-8-10-19(11-9-16)25-15-20(24)21-12-13-22(17(2)23)14-18-6-4-3-5-7-18/h3-11H,12-15H2,1-2H3,(H,21,24). The number of rotatable bonds is 8. The van der Waals surface area contributed by atoms with E-state index in [9.17, 15) is 9.59 Å². The molecule has 2 aromatic carbocycles. The van der Waals surface area contributed by atoms with Crippen LogP contribution in [0.1, 0.15) is 18.1 Å². The highest BCUT2D eigenvalue weighted by molar-refractivity contribution is 5.77. The fourth-order valence-electron chi connectivity index (χ4n) is 2.32. The smallest absolute Gasteiger partial charge is 0.258 e. The first-order chi connectivity index (χ1) is 12.0. The molecule has 1 N–H and O–H groups in total. The maximum absolute atomic E-state index is 11.9. The molecular weight excluding hydrogens is 316 g/mol. The Hall–Kier alpha value is -2.82. The molecule has 132 valence electrons. The fourth-order valence-corrected chi connectivity index (χ4v) is 2.32. The Morgan fingerprint density at radius 3 is 2.36 bits per heavy atom. The zero-order valence-electron chi connectivity index (χ0n) is 14.7. The molecule has 0 saturated carbocycles. The van der Waals surface area contributed by atoms with Crippen LogP contribution in [0.3, 0.4) is 0 Å². The minimum atomic E-state index is -0.205. The van der Waals surface area contributed by atoms with Gasteiger partial charge in [-0.15, -0.1) is 0 Å². The molecule has 0 fully saturated rings. The Morgan fingerprint density at radius 1 is 1.04 bits per heavy atom. The molecule has 2 amide bonds. The van der Waals surface area contributed by atoms with Crippen molar-refractivity contribution in [2.45, 2.75) is 20.4 Å². The number of aryl methyl sites for hydroxylation is 1. The van der Waals surface area contributed by atoms with Gasteiger partial charge < -0.3 is 15.0 Å². The summed E-state index contributed by atoms with van der Waals surface area (Å²) in [7, 11) is 0. The van der Waals surface area contributed by atoms with E-state index in [0.717, 1.165) is 11.1 Å². The predicted octanol–water partition coefficient (Wildman–Crippen LogP) is 2.54. The number of hydrogen-bond donors (Lipinski definition) is 1. The summed E-state index contributed by atoms with van der Waals surface area (Å²) in [6.07, 6.45) is 0. The maximum Gasteiger partial charge on any atom is 0.258 e. The van der Waals surface area contributed by atoms with Crippen LogP contribution in [0.4, 0.5) is 0 Å². The zero-order valence-corrected chi connectivity index (χ0v) is 14.7. The van der Waals surface area contributed by atoms with E-state index in [0.29, 0.717) is 25.4 Å². The van der Waals surface area contributed by atoms with Gasteiger partial charge in [-0.25, -0.2) is 0 Å². The number of hydrogen-bond acceptors (Lipinski definition) is 3. The second-order valence-corrected chi connectivity index (χ2v) is 5.88. The molecule has 0 radical (unpaired) electrons. The van der Waals surface area contributed by atoms with Gasteiger partial charge in [-0.3, -0.25) is 9.59 Å². The molecule has 25 heavy (non-hydrogen) atoms. The number of nitrogens with one attached hydrogen (secondary N) is 1. The van der Waals surface area contributed by atoms with Gasteiger partial charge in [0.15, 0.2) is 6.61 Å². The van der Waals surface area contributed by atoms with Crippen molar-refractivity contribution in [3.8, 4) is 5.75 Å². The first-order valence-corrected chi connectivity index (χ1v) is 8.30. The molecule has 2 rings (SSSR count). The van der Waals surface area contributed by atoms with E-state index in [1.165, 1.54) is 6.92 Å². The summed E-state index contributed by atoms with van der Waals surface area (Å²) in [4.78, 5) is 25.3. The second kappa shape index (κ2) is 9.47. The van der Waals surface area contributed by atoms with E-state index in [-0.39, 0.29) is 18.4 Å². The van der Waals surface area contributed by atoms with Gasteiger partial charge >= 0.3 is 0 Å². The highest BCUT2D eigenvalue weighted by Gasteiger charge is 2.10. The first-order valence-electron chi connectivity index (χ1n) is 8.30. The van der Waals surface area contributed by atoms with Crippen LogP contribution < -0.4 is 10.1 Å². The van der Waals surface area contributed by atoms with Crippen molar-refractivity contribution in [3.63, 3.8) is 0 Å². The van der Waals surface area contributed by atoms with E-state index in [1.54, 1.807) is 4.90 Å². The van der Waals surface area contributed by atoms with Gasteiger partial charge in [0.25, 0.3) is 5.91 Å². The summed E-state index contributed by atoms with van der Waals surface area (Å²) >= 11 is 0. The molecule has 0 bridgehead atoms. The Bertz CT molecular complexity index is 684. The average Bonchev–Trinajstić information content (AvgIpc) is 2.61. The molecule has 2 aromatic rings. The summed E-state index contributed by atoms with van der Waals surface area (Å²) in [6, 6.07) is 17.3. The molecule has 0 atom stereocenters. The van der Waals surface area contributed by atoms with Crippen LogP contribution >= 0.6 is 0 Å². The number of carbonyl (C=O) groups is 2. The Kier molecular flexibility index (Phi) is 7.01. The number of benzene rings is 2. The molecular formula is C20H24N2O3. The van der Waals surface area contributed by atoms with E-state index in [4.69, 9.17) is 4.74 Å². The highest BCUT2D eigenvalue weighted by Crippen LogP contribution is 2.10. The highest BCUT2D eigenvalue weighted by atomic mass is 16.5. The van der Waals surface area contributed by atoms with Crippen molar-refractivity contribution in [2.75, 3.05) is 19.7 Å². The van der Waals surface area contributed by atoms with Crippen LogP contribution in [0.2, 0.25) is 0 Å². The summed E-state index contributed by atoms with van der Waals surface area (Å²) in [6.45, 7) is 4.87. The fraction of sp³-hybridized carbons (Fsp3) is 0.300. The number of amides is 2. The van der Waals surface area contributed by atoms with Crippen LogP contribution in [0.5, 0.6) is 5.75 Å². The maximum atomic E-state index is 11.9. The minimum absolute atomic E-state index is 0.0194. The third-order valence-corrected chi connectivity index (χ3v) is 3.76. The Morgan fingerprint density at radius 2 is 1.72 bits per heavy atom. The van der Waals surface area contributed by atoms with E-state index >= 15 is 0 Å². The van der Waals surface area contributed by atoms with Crippen LogP contribution in [0.15, 0.2) is 54.6 Å². The normalized spacial score (nSPS) is 10.2. The molecule has 5 nitrogen and oxygen atoms in total. The van der Waals surface area contributed by atoms with Crippen LogP contribution in [-0.2, 0) is 16.1 Å². The second-order valence-electron chi connectivity index (χ2n) is 5.88. The summed E-state index contributed by atoms with van der Waals surface area (Å²) in [5.74, 6) is 0.438. The Balaban J connectivity index is 1.72. The van der Waals surface area contributed by atoms with Crippen LogP contribution in [-0.4, -0.2) is 36.4 Å². The predicted molar refractivity (Wildman–Crippen MR) is 97.2 cm³/mol. The molecule has 0 aliphatic rings. The zero-order chi connectivity index (χ0) is 18.1. The molecule has 0 heterocycles. The van der Waals surface area contributed by atoms with Crippen molar-refractivity contribution >= 4 is 11.8 Å². The van der Waals surface area contributed by atoms with Gasteiger partial charge in [0.05, 0.1) is 0 Å². The molecule has 5 heteroatoms. The van der Waals surface area contributed by atoms with E-state index < -0.39 is 0 Å². The lowest BCUT2D eigenvalue weighted by Gasteiger charge is -2.21. The third-order valence-electron chi connectivity index (χ3n) is 3.76. The van der Waals surface area contributed by atoms with Gasteiger partial charge in [0.2, 0.25) is 5.91 Å². The lowest BCUT2D eigenvalue weighted by molar-refractivity contribution is -0.130. The topological polar surface area (TPSA) is 58.6 Å². The van der Waals surface area contributed by atoms with Crippen LogP contribution in [0.25, 0.3) is 0 Å². The third kappa shape index (κ3) is 6.67.